The van der Waals surface area contributed by atoms with Crippen LogP contribution in [0.4, 0.5) is 0 Å². The Hall–Kier alpha value is 0.240. The van der Waals surface area contributed by atoms with E-state index in [0.29, 0.717) is 0 Å². The Morgan fingerprint density at radius 2 is 1.87 bits per heavy atom. The summed E-state index contributed by atoms with van der Waals surface area (Å²) in [6.45, 7) is 0.941. The molecule has 0 aliphatic carbocycles. The number of aliphatic hydroxyl groups is 5. The van der Waals surface area contributed by atoms with Crippen LogP contribution in [-0.4, -0.2) is 60.7 Å². The van der Waals surface area contributed by atoms with Crippen molar-refractivity contribution in [2.24, 2.45) is 0 Å². The second kappa shape index (κ2) is 4.25. The SMILES string of the molecule is CC[C@@]1(O)[C@@H](O)[C@@H](O)[C@@H](CO)O[C@]1(O)Br. The minimum Gasteiger partial charge on any atom is -0.394 e. The fraction of sp³-hybridized carbons (Fsp3) is 1.00. The van der Waals surface area contributed by atoms with Gasteiger partial charge in [0.2, 0.25) is 0 Å². The highest BCUT2D eigenvalue weighted by Gasteiger charge is 2.61. The van der Waals surface area contributed by atoms with Gasteiger partial charge in [-0.25, -0.2) is 0 Å². The number of hydrogen-bond donors (Lipinski definition) is 5. The number of aliphatic hydroxyl groups excluding tert-OH is 3. The standard InChI is InChI=1S/C8H15BrO6/c1-2-7(13)6(12)5(11)4(3-10)15-8(7,9)14/h4-6,10-14H,2-3H2,1H3/t4-,5+,6+,7-,8+/m1/s1. The Balaban J connectivity index is 3.01. The molecule has 1 aliphatic heterocycles. The summed E-state index contributed by atoms with van der Waals surface area (Å²) in [5, 5.41) is 47.7. The molecular formula is C8H15BrO6. The predicted octanol–water partition coefficient (Wildman–Crippen LogP) is -1.72. The lowest BCUT2D eigenvalue weighted by molar-refractivity contribution is -0.344. The Kier molecular flexibility index (Phi) is 3.77. The van der Waals surface area contributed by atoms with E-state index < -0.39 is 35.2 Å². The lowest BCUT2D eigenvalue weighted by Gasteiger charge is -2.50. The van der Waals surface area contributed by atoms with Crippen molar-refractivity contribution in [3.63, 3.8) is 0 Å². The number of halogens is 1. The van der Waals surface area contributed by atoms with E-state index in [-0.39, 0.29) is 6.42 Å². The molecule has 6 nitrogen and oxygen atoms in total. The Morgan fingerprint density at radius 3 is 2.27 bits per heavy atom. The quantitative estimate of drug-likeness (QED) is 0.386. The van der Waals surface area contributed by atoms with Crippen molar-refractivity contribution < 1.29 is 30.3 Å². The van der Waals surface area contributed by atoms with Gasteiger partial charge in [0.1, 0.15) is 18.3 Å². The van der Waals surface area contributed by atoms with Crippen LogP contribution in [-0.2, 0) is 4.74 Å². The Morgan fingerprint density at radius 1 is 1.33 bits per heavy atom. The average Bonchev–Trinajstić information content (AvgIpc) is 2.20. The predicted molar refractivity (Wildman–Crippen MR) is 53.1 cm³/mol. The fourth-order valence-corrected chi connectivity index (χ4v) is 2.37. The van der Waals surface area contributed by atoms with E-state index in [9.17, 15) is 20.4 Å². The molecule has 1 aliphatic rings. The molecule has 0 amide bonds. The second-order valence-electron chi connectivity index (χ2n) is 3.61. The monoisotopic (exact) mass is 286 g/mol. The van der Waals surface area contributed by atoms with Crippen LogP contribution in [0.25, 0.3) is 0 Å². The Labute approximate surface area is 95.2 Å². The van der Waals surface area contributed by atoms with Crippen molar-refractivity contribution in [3.8, 4) is 0 Å². The molecule has 5 N–H and O–H groups in total. The zero-order chi connectivity index (χ0) is 11.9. The average molecular weight is 287 g/mol. The summed E-state index contributed by atoms with van der Waals surface area (Å²) in [6.07, 6.45) is -4.27. The summed E-state index contributed by atoms with van der Waals surface area (Å²) < 4.78 is 2.68. The van der Waals surface area contributed by atoms with Crippen molar-refractivity contribution in [2.45, 2.75) is 42.0 Å². The van der Waals surface area contributed by atoms with E-state index in [0.717, 1.165) is 0 Å². The molecule has 1 heterocycles. The van der Waals surface area contributed by atoms with Gasteiger partial charge in [-0.3, -0.25) is 0 Å². The molecule has 0 bridgehead atoms. The summed E-state index contributed by atoms with van der Waals surface area (Å²) in [5.41, 5.74) is -2.03. The molecule has 15 heavy (non-hydrogen) atoms. The first-order valence-corrected chi connectivity index (χ1v) is 5.38. The number of alkyl halides is 1. The van der Waals surface area contributed by atoms with Gasteiger partial charge in [-0.05, 0) is 22.4 Å². The van der Waals surface area contributed by atoms with Crippen LogP contribution in [0.1, 0.15) is 13.3 Å². The van der Waals surface area contributed by atoms with Crippen molar-refractivity contribution in [1.82, 2.24) is 0 Å². The van der Waals surface area contributed by atoms with E-state index in [1.165, 1.54) is 6.92 Å². The van der Waals surface area contributed by atoms with Gasteiger partial charge in [0.15, 0.2) is 5.60 Å². The molecule has 1 saturated heterocycles. The summed E-state index contributed by atoms with van der Waals surface area (Å²) in [7, 11) is 0. The van der Waals surface area contributed by atoms with Crippen molar-refractivity contribution >= 4 is 15.9 Å². The summed E-state index contributed by atoms with van der Waals surface area (Å²) in [4.78, 5) is 0. The topological polar surface area (TPSA) is 110 Å². The molecule has 5 atom stereocenters. The van der Waals surface area contributed by atoms with Gasteiger partial charge >= 0.3 is 0 Å². The highest BCUT2D eigenvalue weighted by atomic mass is 79.9. The third-order valence-electron chi connectivity index (χ3n) is 2.75. The maximum absolute atomic E-state index is 9.95. The number of hydrogen-bond acceptors (Lipinski definition) is 6. The van der Waals surface area contributed by atoms with Crippen LogP contribution in [0.2, 0.25) is 0 Å². The minimum absolute atomic E-state index is 0.0366. The smallest absolute Gasteiger partial charge is 0.257 e. The van der Waals surface area contributed by atoms with Crippen molar-refractivity contribution in [2.75, 3.05) is 6.61 Å². The van der Waals surface area contributed by atoms with E-state index in [1.807, 2.05) is 0 Å². The minimum atomic E-state index is -2.19. The van der Waals surface area contributed by atoms with Gasteiger partial charge in [-0.2, -0.15) is 0 Å². The van der Waals surface area contributed by atoms with Gasteiger partial charge in [0.05, 0.1) is 6.61 Å². The summed E-state index contributed by atoms with van der Waals surface area (Å²) >= 11 is 2.73. The molecule has 0 aromatic heterocycles. The molecule has 0 aromatic carbocycles. The first-order valence-electron chi connectivity index (χ1n) is 4.58. The first kappa shape index (κ1) is 13.3. The molecule has 0 spiro atoms. The lowest BCUT2D eigenvalue weighted by Crippen LogP contribution is -2.70. The van der Waals surface area contributed by atoms with E-state index >= 15 is 0 Å². The van der Waals surface area contributed by atoms with Crippen molar-refractivity contribution in [3.05, 3.63) is 0 Å². The molecule has 90 valence electrons. The van der Waals surface area contributed by atoms with Gasteiger partial charge < -0.3 is 30.3 Å². The summed E-state index contributed by atoms with van der Waals surface area (Å²) in [6, 6.07) is 0. The Bertz CT molecular complexity index is 235. The molecule has 0 radical (unpaired) electrons. The maximum atomic E-state index is 9.95. The maximum Gasteiger partial charge on any atom is 0.257 e. The van der Waals surface area contributed by atoms with Crippen molar-refractivity contribution in [1.29, 1.82) is 0 Å². The molecule has 7 heteroatoms. The summed E-state index contributed by atoms with van der Waals surface area (Å²) in [5.74, 6) is 0. The zero-order valence-electron chi connectivity index (χ0n) is 8.17. The van der Waals surface area contributed by atoms with Gasteiger partial charge in [-0.15, -0.1) is 0 Å². The van der Waals surface area contributed by atoms with Crippen LogP contribution in [0.5, 0.6) is 0 Å². The molecule has 0 unspecified atom stereocenters. The highest BCUT2D eigenvalue weighted by molar-refractivity contribution is 9.10. The second-order valence-corrected chi connectivity index (χ2v) is 4.69. The van der Waals surface area contributed by atoms with Gasteiger partial charge in [0.25, 0.3) is 4.70 Å². The van der Waals surface area contributed by atoms with Crippen LogP contribution >= 0.6 is 15.9 Å². The van der Waals surface area contributed by atoms with Crippen LogP contribution in [0.3, 0.4) is 0 Å². The third-order valence-corrected chi connectivity index (χ3v) is 3.63. The van der Waals surface area contributed by atoms with Gasteiger partial charge in [0, 0.05) is 0 Å². The highest BCUT2D eigenvalue weighted by Crippen LogP contribution is 2.42. The fourth-order valence-electron chi connectivity index (χ4n) is 1.61. The number of ether oxygens (including phenoxy) is 1. The number of rotatable bonds is 2. The van der Waals surface area contributed by atoms with E-state index in [4.69, 9.17) is 9.84 Å². The van der Waals surface area contributed by atoms with E-state index in [1.54, 1.807) is 0 Å². The largest absolute Gasteiger partial charge is 0.394 e. The molecule has 1 rings (SSSR count). The van der Waals surface area contributed by atoms with Crippen LogP contribution in [0.15, 0.2) is 0 Å². The van der Waals surface area contributed by atoms with E-state index in [2.05, 4.69) is 15.9 Å². The molecule has 1 fully saturated rings. The normalized spacial score (nSPS) is 51.8. The molecular weight excluding hydrogens is 272 g/mol. The van der Waals surface area contributed by atoms with Crippen LogP contribution in [0, 0.1) is 0 Å². The molecule has 0 aromatic rings. The first-order chi connectivity index (χ1) is 6.80. The molecule has 0 saturated carbocycles. The lowest BCUT2D eigenvalue weighted by atomic mass is 9.84. The zero-order valence-corrected chi connectivity index (χ0v) is 9.75. The van der Waals surface area contributed by atoms with Crippen LogP contribution < -0.4 is 0 Å². The third kappa shape index (κ3) is 1.93. The van der Waals surface area contributed by atoms with Gasteiger partial charge in [-0.1, -0.05) is 6.92 Å².